The first-order valence-corrected chi connectivity index (χ1v) is 5.95. The standard InChI is InChI=1S/C12H19N5/c1-4-5-6-17-9(2)15-11(12(17)13)10-7-14-16(3)8-10/h7-8H,4-6,13H2,1-3H3. The Morgan fingerprint density at radius 3 is 2.76 bits per heavy atom. The van der Waals surface area contributed by atoms with Crippen molar-refractivity contribution >= 4 is 5.82 Å². The lowest BCUT2D eigenvalue weighted by Crippen LogP contribution is -2.04. The van der Waals surface area contributed by atoms with Crippen LogP contribution in [0, 0.1) is 6.92 Å². The number of unbranched alkanes of at least 4 members (excludes halogenated alkanes) is 1. The van der Waals surface area contributed by atoms with Crippen LogP contribution in [-0.4, -0.2) is 19.3 Å². The molecule has 2 aromatic rings. The van der Waals surface area contributed by atoms with E-state index >= 15 is 0 Å². The molecule has 0 aliphatic rings. The van der Waals surface area contributed by atoms with Gasteiger partial charge in [0.05, 0.1) is 6.20 Å². The van der Waals surface area contributed by atoms with Crippen LogP contribution in [0.4, 0.5) is 5.82 Å². The van der Waals surface area contributed by atoms with Crippen molar-refractivity contribution < 1.29 is 0 Å². The molecule has 0 amide bonds. The Morgan fingerprint density at radius 1 is 1.41 bits per heavy atom. The van der Waals surface area contributed by atoms with Gasteiger partial charge in [0.15, 0.2) is 0 Å². The zero-order valence-corrected chi connectivity index (χ0v) is 10.6. The second kappa shape index (κ2) is 4.61. The number of aromatic nitrogens is 4. The Labute approximate surface area is 101 Å². The second-order valence-electron chi connectivity index (χ2n) is 4.30. The molecular formula is C12H19N5. The first-order chi connectivity index (χ1) is 8.13. The van der Waals surface area contributed by atoms with E-state index in [0.29, 0.717) is 0 Å². The third-order valence-corrected chi connectivity index (χ3v) is 2.91. The fraction of sp³-hybridized carbons (Fsp3) is 0.500. The summed E-state index contributed by atoms with van der Waals surface area (Å²) in [5, 5.41) is 4.15. The molecule has 2 aromatic heterocycles. The van der Waals surface area contributed by atoms with Gasteiger partial charge in [0, 0.05) is 25.4 Å². The van der Waals surface area contributed by atoms with Crippen molar-refractivity contribution in [2.75, 3.05) is 5.73 Å². The van der Waals surface area contributed by atoms with E-state index in [-0.39, 0.29) is 0 Å². The minimum absolute atomic E-state index is 0.740. The maximum atomic E-state index is 6.15. The van der Waals surface area contributed by atoms with E-state index in [1.54, 1.807) is 10.9 Å². The molecule has 2 heterocycles. The van der Waals surface area contributed by atoms with Crippen LogP contribution < -0.4 is 5.73 Å². The van der Waals surface area contributed by atoms with Crippen LogP contribution in [0.3, 0.4) is 0 Å². The Morgan fingerprint density at radius 2 is 2.18 bits per heavy atom. The highest BCUT2D eigenvalue weighted by molar-refractivity contribution is 5.69. The number of aryl methyl sites for hydroxylation is 2. The highest BCUT2D eigenvalue weighted by atomic mass is 15.2. The Bertz CT molecular complexity index is 509. The third-order valence-electron chi connectivity index (χ3n) is 2.91. The summed E-state index contributed by atoms with van der Waals surface area (Å²) >= 11 is 0. The van der Waals surface area contributed by atoms with Crippen molar-refractivity contribution in [2.24, 2.45) is 7.05 Å². The molecule has 0 spiro atoms. The Hall–Kier alpha value is -1.78. The van der Waals surface area contributed by atoms with Gasteiger partial charge in [-0.05, 0) is 13.3 Å². The molecule has 5 nitrogen and oxygen atoms in total. The maximum absolute atomic E-state index is 6.15. The molecule has 0 bridgehead atoms. The van der Waals surface area contributed by atoms with E-state index in [0.717, 1.165) is 42.3 Å². The smallest absolute Gasteiger partial charge is 0.131 e. The van der Waals surface area contributed by atoms with Gasteiger partial charge in [-0.3, -0.25) is 4.68 Å². The molecule has 2 rings (SSSR count). The number of anilines is 1. The number of imidazole rings is 1. The molecule has 0 atom stereocenters. The lowest BCUT2D eigenvalue weighted by Gasteiger charge is -2.05. The number of nitrogens with two attached hydrogens (primary N) is 1. The number of hydrogen-bond donors (Lipinski definition) is 1. The molecule has 0 unspecified atom stereocenters. The minimum atomic E-state index is 0.740. The average Bonchev–Trinajstić information content (AvgIpc) is 2.82. The summed E-state index contributed by atoms with van der Waals surface area (Å²) in [7, 11) is 1.89. The number of nitrogen functional groups attached to an aromatic ring is 1. The van der Waals surface area contributed by atoms with Gasteiger partial charge in [0.1, 0.15) is 17.3 Å². The monoisotopic (exact) mass is 233 g/mol. The van der Waals surface area contributed by atoms with Gasteiger partial charge in [-0.25, -0.2) is 4.98 Å². The summed E-state index contributed by atoms with van der Waals surface area (Å²) in [6.45, 7) is 5.10. The molecule has 0 saturated heterocycles. The minimum Gasteiger partial charge on any atom is -0.383 e. The van der Waals surface area contributed by atoms with Gasteiger partial charge >= 0.3 is 0 Å². The molecule has 5 heteroatoms. The second-order valence-corrected chi connectivity index (χ2v) is 4.30. The number of hydrogen-bond acceptors (Lipinski definition) is 3. The van der Waals surface area contributed by atoms with Crippen LogP contribution in [-0.2, 0) is 13.6 Å². The lowest BCUT2D eigenvalue weighted by molar-refractivity contribution is 0.622. The van der Waals surface area contributed by atoms with E-state index in [1.165, 1.54) is 0 Å². The molecule has 0 radical (unpaired) electrons. The zero-order chi connectivity index (χ0) is 12.4. The van der Waals surface area contributed by atoms with E-state index in [4.69, 9.17) is 5.73 Å². The molecule has 2 N–H and O–H groups in total. The predicted molar refractivity (Wildman–Crippen MR) is 68.5 cm³/mol. The quantitative estimate of drug-likeness (QED) is 0.878. The highest BCUT2D eigenvalue weighted by Gasteiger charge is 2.14. The summed E-state index contributed by atoms with van der Waals surface area (Å²) in [6.07, 6.45) is 6.00. The van der Waals surface area contributed by atoms with Gasteiger partial charge in [-0.15, -0.1) is 0 Å². The molecule has 0 aliphatic carbocycles. The van der Waals surface area contributed by atoms with Gasteiger partial charge in [0.25, 0.3) is 0 Å². The predicted octanol–water partition coefficient (Wildman–Crippen LogP) is 1.97. The van der Waals surface area contributed by atoms with Gasteiger partial charge in [0.2, 0.25) is 0 Å². The van der Waals surface area contributed by atoms with E-state index in [2.05, 4.69) is 21.6 Å². The first-order valence-electron chi connectivity index (χ1n) is 5.95. The molecule has 0 aromatic carbocycles. The Balaban J connectivity index is 2.36. The largest absolute Gasteiger partial charge is 0.383 e. The topological polar surface area (TPSA) is 61.7 Å². The van der Waals surface area contributed by atoms with Crippen molar-refractivity contribution in [2.45, 2.75) is 33.2 Å². The number of rotatable bonds is 4. The van der Waals surface area contributed by atoms with E-state index in [9.17, 15) is 0 Å². The van der Waals surface area contributed by atoms with Crippen molar-refractivity contribution in [3.63, 3.8) is 0 Å². The van der Waals surface area contributed by atoms with Crippen molar-refractivity contribution in [1.29, 1.82) is 0 Å². The molecule has 92 valence electrons. The first kappa shape index (κ1) is 11.7. The fourth-order valence-corrected chi connectivity index (χ4v) is 1.94. The molecule has 0 fully saturated rings. The SMILES string of the molecule is CCCCn1c(C)nc(-c2cnn(C)c2)c1N. The Kier molecular flexibility index (Phi) is 3.17. The average molecular weight is 233 g/mol. The molecule has 17 heavy (non-hydrogen) atoms. The molecule has 0 aliphatic heterocycles. The normalized spacial score (nSPS) is 11.0. The summed E-state index contributed by atoms with van der Waals surface area (Å²) in [6, 6.07) is 0. The summed E-state index contributed by atoms with van der Waals surface area (Å²) in [5.74, 6) is 1.71. The lowest BCUT2D eigenvalue weighted by atomic mass is 10.2. The van der Waals surface area contributed by atoms with Crippen LogP contribution >= 0.6 is 0 Å². The summed E-state index contributed by atoms with van der Waals surface area (Å²) < 4.78 is 3.83. The van der Waals surface area contributed by atoms with Gasteiger partial charge in [-0.2, -0.15) is 5.10 Å². The molecule has 0 saturated carbocycles. The van der Waals surface area contributed by atoms with Gasteiger partial charge < -0.3 is 10.3 Å². The van der Waals surface area contributed by atoms with E-state index in [1.807, 2.05) is 20.2 Å². The third kappa shape index (κ3) is 2.18. The highest BCUT2D eigenvalue weighted by Crippen LogP contribution is 2.25. The van der Waals surface area contributed by atoms with Crippen molar-refractivity contribution in [1.82, 2.24) is 19.3 Å². The number of nitrogens with zero attached hydrogens (tertiary/aromatic N) is 4. The van der Waals surface area contributed by atoms with Crippen molar-refractivity contribution in [3.8, 4) is 11.3 Å². The summed E-state index contributed by atoms with van der Waals surface area (Å²) in [4.78, 5) is 4.53. The van der Waals surface area contributed by atoms with Crippen LogP contribution in [0.25, 0.3) is 11.3 Å². The fourth-order valence-electron chi connectivity index (χ4n) is 1.94. The maximum Gasteiger partial charge on any atom is 0.131 e. The zero-order valence-electron chi connectivity index (χ0n) is 10.6. The van der Waals surface area contributed by atoms with Gasteiger partial charge in [-0.1, -0.05) is 13.3 Å². The van der Waals surface area contributed by atoms with Crippen molar-refractivity contribution in [3.05, 3.63) is 18.2 Å². The summed E-state index contributed by atoms with van der Waals surface area (Å²) in [5.41, 5.74) is 7.96. The van der Waals surface area contributed by atoms with Crippen LogP contribution in [0.15, 0.2) is 12.4 Å². The van der Waals surface area contributed by atoms with Crippen LogP contribution in [0.5, 0.6) is 0 Å². The van der Waals surface area contributed by atoms with Crippen LogP contribution in [0.2, 0.25) is 0 Å². The molecular weight excluding hydrogens is 214 g/mol. The van der Waals surface area contributed by atoms with E-state index < -0.39 is 0 Å². The van der Waals surface area contributed by atoms with Crippen LogP contribution in [0.1, 0.15) is 25.6 Å².